The second kappa shape index (κ2) is 9.10. The van der Waals surface area contributed by atoms with Crippen molar-refractivity contribution in [2.45, 2.75) is 11.3 Å². The van der Waals surface area contributed by atoms with Crippen molar-refractivity contribution < 1.29 is 27.6 Å². The van der Waals surface area contributed by atoms with Gasteiger partial charge in [-0.15, -0.1) is 0 Å². The SMILES string of the molecule is COc1ccc(NC(=O)CCNS(=O)(=O)c2ccc(OC)c([N+](=O)[O-])c2)cn1. The summed E-state index contributed by atoms with van der Waals surface area (Å²) < 4.78 is 36.5. The first-order valence-corrected chi connectivity index (χ1v) is 9.37. The third-order valence-corrected chi connectivity index (χ3v) is 4.99. The number of carbonyl (C=O) groups is 1. The number of pyridine rings is 1. The van der Waals surface area contributed by atoms with Crippen LogP contribution in [0.25, 0.3) is 0 Å². The monoisotopic (exact) mass is 410 g/mol. The molecule has 28 heavy (non-hydrogen) atoms. The molecular formula is C16H18N4O7S. The molecule has 11 nitrogen and oxygen atoms in total. The summed E-state index contributed by atoms with van der Waals surface area (Å²) in [4.78, 5) is 25.8. The van der Waals surface area contributed by atoms with Gasteiger partial charge < -0.3 is 14.8 Å². The molecule has 0 saturated heterocycles. The fourth-order valence-electron chi connectivity index (χ4n) is 2.16. The lowest BCUT2D eigenvalue weighted by Crippen LogP contribution is -2.28. The summed E-state index contributed by atoms with van der Waals surface area (Å²) in [5, 5.41) is 13.6. The number of hydrogen-bond donors (Lipinski definition) is 2. The maximum atomic E-state index is 12.3. The van der Waals surface area contributed by atoms with E-state index in [4.69, 9.17) is 9.47 Å². The largest absolute Gasteiger partial charge is 0.490 e. The van der Waals surface area contributed by atoms with Crippen molar-refractivity contribution in [1.29, 1.82) is 0 Å². The van der Waals surface area contributed by atoms with E-state index in [1.807, 2.05) is 0 Å². The number of amides is 1. The predicted molar refractivity (Wildman–Crippen MR) is 98.9 cm³/mol. The molecule has 2 N–H and O–H groups in total. The number of ether oxygens (including phenoxy) is 2. The first kappa shape index (κ1) is 21.1. The number of methoxy groups -OCH3 is 2. The van der Waals surface area contributed by atoms with Crippen molar-refractivity contribution in [2.24, 2.45) is 0 Å². The Kier molecular flexibility index (Phi) is 6.84. The minimum absolute atomic E-state index is 0.0589. The Morgan fingerprint density at radius 3 is 2.54 bits per heavy atom. The summed E-state index contributed by atoms with van der Waals surface area (Å²) in [6, 6.07) is 6.41. The number of nitro benzene ring substituents is 1. The van der Waals surface area contributed by atoms with Crippen LogP contribution in [0, 0.1) is 10.1 Å². The zero-order valence-corrected chi connectivity index (χ0v) is 15.9. The van der Waals surface area contributed by atoms with Crippen LogP contribution < -0.4 is 19.5 Å². The first-order valence-electron chi connectivity index (χ1n) is 7.89. The van der Waals surface area contributed by atoms with Crippen LogP contribution >= 0.6 is 0 Å². The Bertz CT molecular complexity index is 961. The molecule has 1 aromatic carbocycles. The van der Waals surface area contributed by atoms with Gasteiger partial charge in [0, 0.05) is 25.1 Å². The van der Waals surface area contributed by atoms with Gasteiger partial charge in [0.25, 0.3) is 0 Å². The van der Waals surface area contributed by atoms with E-state index in [-0.39, 0.29) is 23.6 Å². The molecular weight excluding hydrogens is 392 g/mol. The quantitative estimate of drug-likeness (QED) is 0.464. The Balaban J connectivity index is 1.96. The van der Waals surface area contributed by atoms with Crippen LogP contribution in [0.4, 0.5) is 11.4 Å². The standard InChI is InChI=1S/C16H18N4O7S/c1-26-14-5-4-12(9-13(14)20(22)23)28(24,25)18-8-7-15(21)19-11-3-6-16(27-2)17-10-11/h3-6,9-10,18H,7-8H2,1-2H3,(H,19,21). The van der Waals surface area contributed by atoms with E-state index < -0.39 is 26.5 Å². The molecule has 0 aliphatic carbocycles. The van der Waals surface area contributed by atoms with Crippen LogP contribution in [0.15, 0.2) is 41.4 Å². The molecule has 0 atom stereocenters. The fraction of sp³-hybridized carbons (Fsp3) is 0.250. The van der Waals surface area contributed by atoms with Gasteiger partial charge in [-0.3, -0.25) is 14.9 Å². The molecule has 0 aliphatic rings. The highest BCUT2D eigenvalue weighted by Gasteiger charge is 2.22. The van der Waals surface area contributed by atoms with Crippen LogP contribution in [0.1, 0.15) is 6.42 Å². The highest BCUT2D eigenvalue weighted by molar-refractivity contribution is 7.89. The third kappa shape index (κ3) is 5.37. The van der Waals surface area contributed by atoms with Crippen molar-refractivity contribution in [3.63, 3.8) is 0 Å². The van der Waals surface area contributed by atoms with Crippen molar-refractivity contribution in [3.05, 3.63) is 46.6 Å². The zero-order valence-electron chi connectivity index (χ0n) is 15.0. The number of aromatic nitrogens is 1. The number of carbonyl (C=O) groups excluding carboxylic acids is 1. The van der Waals surface area contributed by atoms with Gasteiger partial charge in [0.15, 0.2) is 5.75 Å². The molecule has 1 aromatic heterocycles. The number of anilines is 1. The molecule has 2 rings (SSSR count). The fourth-order valence-corrected chi connectivity index (χ4v) is 3.21. The van der Waals surface area contributed by atoms with Gasteiger partial charge in [0.1, 0.15) is 0 Å². The summed E-state index contributed by atoms with van der Waals surface area (Å²) in [6.07, 6.45) is 1.25. The lowest BCUT2D eigenvalue weighted by molar-refractivity contribution is -0.386. The van der Waals surface area contributed by atoms with Crippen molar-refractivity contribution in [3.8, 4) is 11.6 Å². The number of rotatable bonds is 9. The smallest absolute Gasteiger partial charge is 0.312 e. The van der Waals surface area contributed by atoms with E-state index >= 15 is 0 Å². The maximum Gasteiger partial charge on any atom is 0.312 e. The van der Waals surface area contributed by atoms with Crippen LogP contribution in [0.3, 0.4) is 0 Å². The maximum absolute atomic E-state index is 12.3. The van der Waals surface area contributed by atoms with Gasteiger partial charge in [-0.25, -0.2) is 18.1 Å². The molecule has 12 heteroatoms. The minimum Gasteiger partial charge on any atom is -0.490 e. The van der Waals surface area contributed by atoms with E-state index in [0.717, 1.165) is 6.07 Å². The van der Waals surface area contributed by atoms with Gasteiger partial charge in [0.2, 0.25) is 21.8 Å². The first-order chi connectivity index (χ1) is 13.3. The molecule has 0 unspecified atom stereocenters. The van der Waals surface area contributed by atoms with Gasteiger partial charge >= 0.3 is 5.69 Å². The lowest BCUT2D eigenvalue weighted by Gasteiger charge is -2.09. The van der Waals surface area contributed by atoms with E-state index in [2.05, 4.69) is 15.0 Å². The molecule has 0 radical (unpaired) electrons. The third-order valence-electron chi connectivity index (χ3n) is 3.53. The molecule has 150 valence electrons. The normalized spacial score (nSPS) is 10.9. The van der Waals surface area contributed by atoms with Gasteiger partial charge in [-0.05, 0) is 18.2 Å². The molecule has 0 aliphatic heterocycles. The van der Waals surface area contributed by atoms with E-state index in [1.54, 1.807) is 12.1 Å². The Labute approximate surface area is 160 Å². The van der Waals surface area contributed by atoms with Gasteiger partial charge in [-0.1, -0.05) is 0 Å². The number of nitrogens with one attached hydrogen (secondary N) is 2. The summed E-state index contributed by atoms with van der Waals surface area (Å²) >= 11 is 0. The molecule has 1 amide bonds. The van der Waals surface area contributed by atoms with Crippen molar-refractivity contribution in [2.75, 3.05) is 26.1 Å². The minimum atomic E-state index is -4.04. The highest BCUT2D eigenvalue weighted by atomic mass is 32.2. The average Bonchev–Trinajstić information content (AvgIpc) is 2.67. The van der Waals surface area contributed by atoms with Crippen LogP contribution in [-0.2, 0) is 14.8 Å². The summed E-state index contributed by atoms with van der Waals surface area (Å²) in [5.74, 6) is -0.105. The number of benzene rings is 1. The van der Waals surface area contributed by atoms with Crippen LogP contribution in [0.2, 0.25) is 0 Å². The van der Waals surface area contributed by atoms with Crippen molar-refractivity contribution >= 4 is 27.3 Å². The average molecular weight is 410 g/mol. The lowest BCUT2D eigenvalue weighted by atomic mass is 10.3. The molecule has 0 bridgehead atoms. The number of nitrogens with zero attached hydrogens (tertiary/aromatic N) is 2. The van der Waals surface area contributed by atoms with Gasteiger partial charge in [-0.2, -0.15) is 0 Å². The predicted octanol–water partition coefficient (Wildman–Crippen LogP) is 1.31. The molecule has 0 saturated carbocycles. The Morgan fingerprint density at radius 1 is 1.21 bits per heavy atom. The Morgan fingerprint density at radius 2 is 1.96 bits per heavy atom. The van der Waals surface area contributed by atoms with E-state index in [0.29, 0.717) is 11.6 Å². The highest BCUT2D eigenvalue weighted by Crippen LogP contribution is 2.29. The second-order valence-corrected chi connectivity index (χ2v) is 7.14. The Hall–Kier alpha value is -3.25. The molecule has 0 fully saturated rings. The van der Waals surface area contributed by atoms with Crippen molar-refractivity contribution in [1.82, 2.24) is 9.71 Å². The molecule has 1 heterocycles. The zero-order chi connectivity index (χ0) is 20.7. The van der Waals surface area contributed by atoms with Crippen LogP contribution in [-0.4, -0.2) is 45.0 Å². The number of nitro groups is 1. The molecule has 2 aromatic rings. The van der Waals surface area contributed by atoms with E-state index in [1.165, 1.54) is 32.5 Å². The number of hydrogen-bond acceptors (Lipinski definition) is 8. The topological polar surface area (TPSA) is 150 Å². The van der Waals surface area contributed by atoms with Crippen LogP contribution in [0.5, 0.6) is 11.6 Å². The summed E-state index contributed by atoms with van der Waals surface area (Å²) in [6.45, 7) is -0.197. The van der Waals surface area contributed by atoms with Gasteiger partial charge in [0.05, 0.1) is 35.9 Å². The molecule has 0 spiro atoms. The van der Waals surface area contributed by atoms with E-state index in [9.17, 15) is 23.3 Å². The number of sulfonamides is 1. The summed E-state index contributed by atoms with van der Waals surface area (Å²) in [7, 11) is -1.33. The summed E-state index contributed by atoms with van der Waals surface area (Å²) in [5.41, 5.74) is -0.0467. The second-order valence-electron chi connectivity index (χ2n) is 5.38.